The van der Waals surface area contributed by atoms with Crippen molar-refractivity contribution < 1.29 is 14.0 Å². The van der Waals surface area contributed by atoms with E-state index in [-0.39, 0.29) is 4.91 Å². The minimum atomic E-state index is -0.453. The lowest BCUT2D eigenvalue weighted by molar-refractivity contribution is -0.113. The summed E-state index contributed by atoms with van der Waals surface area (Å²) in [5.41, 5.74) is 1.03. The lowest BCUT2D eigenvalue weighted by Crippen LogP contribution is -2.27. The number of halogens is 3. The number of furan rings is 1. The Hall–Kier alpha value is -2.18. The van der Waals surface area contributed by atoms with Crippen LogP contribution in [0.3, 0.4) is 0 Å². The molecular weight excluding hydrogens is 441 g/mol. The molecule has 1 aliphatic heterocycles. The number of hydrogen-bond acceptors (Lipinski definition) is 4. The predicted octanol–water partition coefficient (Wildman–Crippen LogP) is 7.15. The molecule has 0 spiro atoms. The van der Waals surface area contributed by atoms with E-state index in [0.29, 0.717) is 37.8 Å². The molecule has 2 heterocycles. The van der Waals surface area contributed by atoms with E-state index < -0.39 is 11.1 Å². The summed E-state index contributed by atoms with van der Waals surface area (Å²) >= 11 is 19.1. The molecule has 140 valence electrons. The minimum absolute atomic E-state index is 0.244. The number of nitrogens with zero attached hydrogens (tertiary/aromatic N) is 1. The molecule has 3 aromatic rings. The summed E-state index contributed by atoms with van der Waals surface area (Å²) in [5.74, 6) is 0.495. The number of anilines is 1. The summed E-state index contributed by atoms with van der Waals surface area (Å²) < 4.78 is 5.78. The molecular formula is C20H10Cl3NO3S. The first-order valence-electron chi connectivity index (χ1n) is 8.02. The number of imide groups is 1. The van der Waals surface area contributed by atoms with E-state index in [9.17, 15) is 9.59 Å². The van der Waals surface area contributed by atoms with Gasteiger partial charge in [-0.1, -0.05) is 46.9 Å². The Kier molecular flexibility index (Phi) is 5.25. The van der Waals surface area contributed by atoms with Crippen LogP contribution in [0.1, 0.15) is 5.76 Å². The SMILES string of the molecule is O=C1S/C(=C\c2ccc(-c3ccc(Cl)cc3Cl)o2)C(=O)N1c1ccccc1Cl. The van der Waals surface area contributed by atoms with Gasteiger partial charge in [-0.05, 0) is 54.2 Å². The monoisotopic (exact) mass is 449 g/mol. The van der Waals surface area contributed by atoms with Gasteiger partial charge in [0.2, 0.25) is 0 Å². The van der Waals surface area contributed by atoms with Crippen molar-refractivity contribution >= 4 is 69.5 Å². The lowest BCUT2D eigenvalue weighted by Gasteiger charge is -2.13. The number of thioether (sulfide) groups is 1. The highest BCUT2D eigenvalue weighted by molar-refractivity contribution is 8.19. The van der Waals surface area contributed by atoms with Crippen molar-refractivity contribution in [2.45, 2.75) is 0 Å². The third-order valence-corrected chi connectivity index (χ3v) is 5.72. The smallest absolute Gasteiger partial charge is 0.298 e. The van der Waals surface area contributed by atoms with Crippen LogP contribution in [0.2, 0.25) is 15.1 Å². The van der Waals surface area contributed by atoms with Gasteiger partial charge in [0.1, 0.15) is 11.5 Å². The molecule has 0 saturated carbocycles. The zero-order chi connectivity index (χ0) is 19.8. The van der Waals surface area contributed by atoms with Crippen LogP contribution in [0.25, 0.3) is 17.4 Å². The molecule has 0 radical (unpaired) electrons. The summed E-state index contributed by atoms with van der Waals surface area (Å²) in [4.78, 5) is 26.4. The Morgan fingerprint density at radius 2 is 1.71 bits per heavy atom. The van der Waals surface area contributed by atoms with Gasteiger partial charge < -0.3 is 4.42 Å². The molecule has 1 aliphatic rings. The number of hydrogen-bond donors (Lipinski definition) is 0. The van der Waals surface area contributed by atoms with E-state index in [1.165, 1.54) is 6.08 Å². The zero-order valence-corrected chi connectivity index (χ0v) is 17.1. The maximum atomic E-state index is 12.7. The van der Waals surface area contributed by atoms with Gasteiger partial charge in [0.15, 0.2) is 0 Å². The van der Waals surface area contributed by atoms with E-state index in [4.69, 9.17) is 39.2 Å². The van der Waals surface area contributed by atoms with Crippen molar-refractivity contribution in [2.24, 2.45) is 0 Å². The molecule has 2 aromatic carbocycles. The average molecular weight is 451 g/mol. The van der Waals surface area contributed by atoms with E-state index in [1.807, 2.05) is 0 Å². The predicted molar refractivity (Wildman–Crippen MR) is 114 cm³/mol. The summed E-state index contributed by atoms with van der Waals surface area (Å²) in [6.45, 7) is 0. The van der Waals surface area contributed by atoms with Crippen molar-refractivity contribution in [3.05, 3.63) is 80.3 Å². The van der Waals surface area contributed by atoms with E-state index in [1.54, 1.807) is 54.6 Å². The Bertz CT molecular complexity index is 1140. The second kappa shape index (κ2) is 7.68. The fourth-order valence-electron chi connectivity index (χ4n) is 2.70. The first-order valence-corrected chi connectivity index (χ1v) is 9.97. The van der Waals surface area contributed by atoms with Crippen molar-refractivity contribution in [3.63, 3.8) is 0 Å². The fourth-order valence-corrected chi connectivity index (χ4v) is 4.24. The lowest BCUT2D eigenvalue weighted by atomic mass is 10.2. The summed E-state index contributed by atoms with van der Waals surface area (Å²) in [7, 11) is 0. The van der Waals surface area contributed by atoms with Crippen molar-refractivity contribution in [1.82, 2.24) is 0 Å². The third kappa shape index (κ3) is 3.59. The van der Waals surface area contributed by atoms with Gasteiger partial charge in [0, 0.05) is 16.7 Å². The first-order chi connectivity index (χ1) is 13.4. The molecule has 0 N–H and O–H groups in total. The van der Waals surface area contributed by atoms with Crippen LogP contribution < -0.4 is 4.90 Å². The van der Waals surface area contributed by atoms with E-state index in [2.05, 4.69) is 0 Å². The van der Waals surface area contributed by atoms with E-state index in [0.717, 1.165) is 16.7 Å². The molecule has 0 bridgehead atoms. The maximum Gasteiger partial charge on any atom is 0.298 e. The van der Waals surface area contributed by atoms with Crippen LogP contribution in [0.15, 0.2) is 63.9 Å². The van der Waals surface area contributed by atoms with Gasteiger partial charge in [0.05, 0.1) is 20.6 Å². The van der Waals surface area contributed by atoms with Crippen LogP contribution in [-0.4, -0.2) is 11.1 Å². The minimum Gasteiger partial charge on any atom is -0.457 e. The fraction of sp³-hybridized carbons (Fsp3) is 0. The van der Waals surface area contributed by atoms with Gasteiger partial charge >= 0.3 is 0 Å². The van der Waals surface area contributed by atoms with Crippen LogP contribution in [0.5, 0.6) is 0 Å². The Balaban J connectivity index is 1.64. The second-order valence-corrected chi connectivity index (χ2v) is 8.04. The molecule has 0 aliphatic carbocycles. The number of rotatable bonds is 3. The van der Waals surface area contributed by atoms with Crippen LogP contribution in [0, 0.1) is 0 Å². The highest BCUT2D eigenvalue weighted by atomic mass is 35.5. The Morgan fingerprint density at radius 1 is 0.929 bits per heavy atom. The summed E-state index contributed by atoms with van der Waals surface area (Å²) in [6, 6.07) is 15.2. The van der Waals surface area contributed by atoms with Crippen molar-refractivity contribution in [1.29, 1.82) is 0 Å². The van der Waals surface area contributed by atoms with Crippen molar-refractivity contribution in [2.75, 3.05) is 4.90 Å². The van der Waals surface area contributed by atoms with Crippen LogP contribution in [0.4, 0.5) is 10.5 Å². The van der Waals surface area contributed by atoms with Gasteiger partial charge in [0.25, 0.3) is 11.1 Å². The maximum absolute atomic E-state index is 12.7. The van der Waals surface area contributed by atoms with E-state index >= 15 is 0 Å². The molecule has 0 unspecified atom stereocenters. The average Bonchev–Trinajstić information content (AvgIpc) is 3.21. The molecule has 0 atom stereocenters. The Labute approximate surface area is 179 Å². The molecule has 2 amide bonds. The summed E-state index contributed by atoms with van der Waals surface area (Å²) in [5, 5.41) is 0.877. The molecule has 1 aromatic heterocycles. The highest BCUT2D eigenvalue weighted by Crippen LogP contribution is 2.39. The largest absolute Gasteiger partial charge is 0.457 e. The third-order valence-electron chi connectivity index (χ3n) is 3.98. The summed E-state index contributed by atoms with van der Waals surface area (Å²) in [6.07, 6.45) is 1.52. The molecule has 28 heavy (non-hydrogen) atoms. The number of para-hydroxylation sites is 1. The number of carbonyl (C=O) groups excluding carboxylic acids is 2. The van der Waals surface area contributed by atoms with Gasteiger partial charge in [-0.2, -0.15) is 0 Å². The van der Waals surface area contributed by atoms with Crippen LogP contribution >= 0.6 is 46.6 Å². The number of carbonyl (C=O) groups is 2. The first kappa shape index (κ1) is 19.2. The zero-order valence-electron chi connectivity index (χ0n) is 14.0. The molecule has 4 nitrogen and oxygen atoms in total. The number of benzene rings is 2. The molecule has 8 heteroatoms. The highest BCUT2D eigenvalue weighted by Gasteiger charge is 2.37. The van der Waals surface area contributed by atoms with Crippen LogP contribution in [-0.2, 0) is 4.79 Å². The normalized spacial score (nSPS) is 15.7. The van der Waals surface area contributed by atoms with Gasteiger partial charge in [-0.15, -0.1) is 0 Å². The van der Waals surface area contributed by atoms with Crippen molar-refractivity contribution in [3.8, 4) is 11.3 Å². The second-order valence-electron chi connectivity index (χ2n) is 5.79. The quantitative estimate of drug-likeness (QED) is 0.398. The standard InChI is InChI=1S/C20H10Cl3NO3S/c21-11-5-7-13(15(23)9-11)17-8-6-12(27-17)10-18-19(25)24(20(26)28-18)16-4-2-1-3-14(16)22/h1-10H/b18-10-. The molecule has 1 saturated heterocycles. The van der Waals surface area contributed by atoms with Gasteiger partial charge in [-0.25, -0.2) is 4.90 Å². The molecule has 4 rings (SSSR count). The van der Waals surface area contributed by atoms with Gasteiger partial charge in [-0.3, -0.25) is 9.59 Å². The number of amides is 2. The Morgan fingerprint density at radius 3 is 2.46 bits per heavy atom. The molecule has 1 fully saturated rings. The topological polar surface area (TPSA) is 50.5 Å².